The fourth-order valence-electron chi connectivity index (χ4n) is 3.78. The molecule has 4 heterocycles. The Hall–Kier alpha value is -3.29. The Balaban J connectivity index is 1.29. The molecule has 1 aromatic carbocycles. The molecule has 0 aliphatic carbocycles. The van der Waals surface area contributed by atoms with E-state index in [1.165, 1.54) is 12.1 Å². The van der Waals surface area contributed by atoms with Crippen LogP contribution >= 0.6 is 0 Å². The topological polar surface area (TPSA) is 72.9 Å². The number of fused-ring (bicyclic) bond motifs is 1. The average molecular weight is 378 g/mol. The minimum absolute atomic E-state index is 0.250. The van der Waals surface area contributed by atoms with E-state index in [0.717, 1.165) is 54.3 Å². The van der Waals surface area contributed by atoms with E-state index in [1.54, 1.807) is 12.4 Å². The molecule has 1 fully saturated rings. The van der Waals surface area contributed by atoms with Crippen LogP contribution in [0.4, 0.5) is 10.2 Å². The summed E-state index contributed by atoms with van der Waals surface area (Å²) in [5.74, 6) is 1.59. The van der Waals surface area contributed by atoms with E-state index < -0.39 is 0 Å². The third kappa shape index (κ3) is 3.00. The van der Waals surface area contributed by atoms with Gasteiger partial charge in [-0.2, -0.15) is 0 Å². The van der Waals surface area contributed by atoms with Crippen LogP contribution in [0, 0.1) is 12.7 Å². The summed E-state index contributed by atoms with van der Waals surface area (Å²) >= 11 is 0. The molecule has 28 heavy (non-hydrogen) atoms. The fraction of sp³-hybridized carbons (Fsp3) is 0.300. The van der Waals surface area contributed by atoms with Gasteiger partial charge < -0.3 is 9.42 Å². The maximum Gasteiger partial charge on any atom is 0.167 e. The standard InChI is InChI=1S/C20H19FN6O/c1-13-11-27(12-22-13)19-5-4-18(23-24-19)26-8-6-14(7-9-26)20-16-10-15(21)2-3-17(16)28-25-20/h2-5,10-12,14H,6-9H2,1H3. The van der Waals surface area contributed by atoms with Gasteiger partial charge in [0, 0.05) is 30.6 Å². The molecule has 5 rings (SSSR count). The molecule has 0 N–H and O–H groups in total. The van der Waals surface area contributed by atoms with Gasteiger partial charge in [0.05, 0.1) is 11.4 Å². The molecule has 7 nitrogen and oxygen atoms in total. The zero-order chi connectivity index (χ0) is 19.1. The lowest BCUT2D eigenvalue weighted by atomic mass is 9.91. The minimum Gasteiger partial charge on any atom is -0.356 e. The molecular formula is C20H19FN6O. The predicted molar refractivity (Wildman–Crippen MR) is 102 cm³/mol. The number of benzene rings is 1. The van der Waals surface area contributed by atoms with Crippen molar-refractivity contribution in [3.05, 3.63) is 60.1 Å². The van der Waals surface area contributed by atoms with Crippen LogP contribution in [0.1, 0.15) is 30.1 Å². The van der Waals surface area contributed by atoms with Crippen molar-refractivity contribution in [1.29, 1.82) is 0 Å². The first-order valence-corrected chi connectivity index (χ1v) is 9.32. The van der Waals surface area contributed by atoms with Gasteiger partial charge in [-0.3, -0.25) is 4.57 Å². The third-order valence-corrected chi connectivity index (χ3v) is 5.28. The highest BCUT2D eigenvalue weighted by Gasteiger charge is 2.26. The van der Waals surface area contributed by atoms with Crippen LogP contribution in [-0.2, 0) is 0 Å². The van der Waals surface area contributed by atoms with Crippen LogP contribution in [-0.4, -0.2) is 38.0 Å². The molecule has 0 radical (unpaired) electrons. The zero-order valence-electron chi connectivity index (χ0n) is 15.4. The van der Waals surface area contributed by atoms with Crippen LogP contribution in [0.2, 0.25) is 0 Å². The van der Waals surface area contributed by atoms with Crippen molar-refractivity contribution in [1.82, 2.24) is 24.9 Å². The molecule has 8 heteroatoms. The van der Waals surface area contributed by atoms with Gasteiger partial charge in [0.2, 0.25) is 0 Å². The van der Waals surface area contributed by atoms with Gasteiger partial charge in [-0.05, 0) is 50.1 Å². The Morgan fingerprint density at radius 3 is 2.57 bits per heavy atom. The number of nitrogens with zero attached hydrogens (tertiary/aromatic N) is 6. The molecule has 0 amide bonds. The van der Waals surface area contributed by atoms with Crippen molar-refractivity contribution in [3.63, 3.8) is 0 Å². The quantitative estimate of drug-likeness (QED) is 0.542. The van der Waals surface area contributed by atoms with Crippen LogP contribution in [0.5, 0.6) is 0 Å². The van der Waals surface area contributed by atoms with Crippen LogP contribution in [0.3, 0.4) is 0 Å². The molecule has 1 saturated heterocycles. The number of rotatable bonds is 3. The van der Waals surface area contributed by atoms with E-state index in [4.69, 9.17) is 4.52 Å². The van der Waals surface area contributed by atoms with Gasteiger partial charge in [0.25, 0.3) is 0 Å². The monoisotopic (exact) mass is 378 g/mol. The molecule has 0 atom stereocenters. The Morgan fingerprint density at radius 1 is 1.07 bits per heavy atom. The first-order chi connectivity index (χ1) is 13.7. The van der Waals surface area contributed by atoms with Crippen LogP contribution < -0.4 is 4.90 Å². The summed E-state index contributed by atoms with van der Waals surface area (Å²) in [5.41, 5.74) is 2.43. The average Bonchev–Trinajstić information content (AvgIpc) is 3.34. The second-order valence-corrected chi connectivity index (χ2v) is 7.14. The van der Waals surface area contributed by atoms with Crippen molar-refractivity contribution in [3.8, 4) is 5.82 Å². The molecular weight excluding hydrogens is 359 g/mol. The third-order valence-electron chi connectivity index (χ3n) is 5.28. The molecule has 0 bridgehead atoms. The van der Waals surface area contributed by atoms with E-state index in [1.807, 2.05) is 29.8 Å². The number of aromatic nitrogens is 5. The summed E-state index contributed by atoms with van der Waals surface area (Å²) in [4.78, 5) is 6.43. The number of halogens is 1. The molecule has 142 valence electrons. The van der Waals surface area contributed by atoms with E-state index >= 15 is 0 Å². The van der Waals surface area contributed by atoms with Crippen molar-refractivity contribution in [2.45, 2.75) is 25.7 Å². The molecule has 0 unspecified atom stereocenters. The number of hydrogen-bond acceptors (Lipinski definition) is 6. The van der Waals surface area contributed by atoms with Crippen molar-refractivity contribution >= 4 is 16.8 Å². The predicted octanol–water partition coefficient (Wildman–Crippen LogP) is 3.64. The first-order valence-electron chi connectivity index (χ1n) is 9.32. The van der Waals surface area contributed by atoms with Gasteiger partial charge in [-0.25, -0.2) is 9.37 Å². The number of anilines is 1. The summed E-state index contributed by atoms with van der Waals surface area (Å²) in [6.45, 7) is 3.62. The van der Waals surface area contributed by atoms with E-state index in [9.17, 15) is 4.39 Å². The Kier molecular flexibility index (Phi) is 4.03. The summed E-state index contributed by atoms with van der Waals surface area (Å²) in [5, 5.41) is 13.7. The Bertz CT molecular complexity index is 1110. The van der Waals surface area contributed by atoms with Crippen molar-refractivity contribution in [2.75, 3.05) is 18.0 Å². The van der Waals surface area contributed by atoms with Gasteiger partial charge in [0.1, 0.15) is 12.1 Å². The van der Waals surface area contributed by atoms with Crippen molar-refractivity contribution < 1.29 is 8.91 Å². The second-order valence-electron chi connectivity index (χ2n) is 7.14. The maximum atomic E-state index is 13.6. The number of imidazole rings is 1. The maximum absolute atomic E-state index is 13.6. The van der Waals surface area contributed by atoms with Crippen LogP contribution in [0.15, 0.2) is 47.4 Å². The van der Waals surface area contributed by atoms with E-state index in [0.29, 0.717) is 5.58 Å². The second kappa shape index (κ2) is 6.70. The van der Waals surface area contributed by atoms with E-state index in [-0.39, 0.29) is 11.7 Å². The highest BCUT2D eigenvalue weighted by atomic mass is 19.1. The van der Waals surface area contributed by atoms with Crippen molar-refractivity contribution in [2.24, 2.45) is 0 Å². The lowest BCUT2D eigenvalue weighted by Gasteiger charge is -2.31. The molecule has 4 aromatic rings. The lowest BCUT2D eigenvalue weighted by molar-refractivity contribution is 0.416. The normalized spacial score (nSPS) is 15.4. The Morgan fingerprint density at radius 2 is 1.86 bits per heavy atom. The highest BCUT2D eigenvalue weighted by molar-refractivity contribution is 5.80. The molecule has 0 spiro atoms. The van der Waals surface area contributed by atoms with E-state index in [2.05, 4.69) is 25.2 Å². The first kappa shape index (κ1) is 16.9. The van der Waals surface area contributed by atoms with Crippen LogP contribution in [0.25, 0.3) is 16.8 Å². The number of hydrogen-bond donors (Lipinski definition) is 0. The summed E-state index contributed by atoms with van der Waals surface area (Å²) < 4.78 is 20.8. The minimum atomic E-state index is -0.266. The van der Waals surface area contributed by atoms with Gasteiger partial charge >= 0.3 is 0 Å². The molecule has 1 aliphatic rings. The molecule has 3 aromatic heterocycles. The van der Waals surface area contributed by atoms with Gasteiger partial charge in [0.15, 0.2) is 17.2 Å². The summed E-state index contributed by atoms with van der Waals surface area (Å²) in [6.07, 6.45) is 5.46. The van der Waals surface area contributed by atoms with Gasteiger partial charge in [-0.15, -0.1) is 10.2 Å². The summed E-state index contributed by atoms with van der Waals surface area (Å²) in [6, 6.07) is 8.47. The highest BCUT2D eigenvalue weighted by Crippen LogP contribution is 2.33. The smallest absolute Gasteiger partial charge is 0.167 e. The Labute approximate surface area is 160 Å². The summed E-state index contributed by atoms with van der Waals surface area (Å²) in [7, 11) is 0. The largest absolute Gasteiger partial charge is 0.356 e. The molecule has 0 saturated carbocycles. The molecule has 1 aliphatic heterocycles. The zero-order valence-corrected chi connectivity index (χ0v) is 15.4. The lowest BCUT2D eigenvalue weighted by Crippen LogP contribution is -2.33. The SMILES string of the molecule is Cc1cn(-c2ccc(N3CCC(c4noc5ccc(F)cc45)CC3)nn2)cn1. The van der Waals surface area contributed by atoms with Gasteiger partial charge in [-0.1, -0.05) is 5.16 Å². The fourth-order valence-corrected chi connectivity index (χ4v) is 3.78. The number of aryl methyl sites for hydroxylation is 1. The number of piperidine rings is 1.